The van der Waals surface area contributed by atoms with Crippen LogP contribution in [0.25, 0.3) is 0 Å². The number of rotatable bonds is 6. The van der Waals surface area contributed by atoms with E-state index < -0.39 is 0 Å². The van der Waals surface area contributed by atoms with Crippen LogP contribution in [0.15, 0.2) is 42.5 Å². The Morgan fingerprint density at radius 3 is 2.00 bits per heavy atom. The van der Waals surface area contributed by atoms with Gasteiger partial charge in [-0.2, -0.15) is 0 Å². The molecule has 0 saturated carbocycles. The molecule has 0 aliphatic heterocycles. The first-order chi connectivity index (χ1) is 11.8. The quantitative estimate of drug-likeness (QED) is 0.861. The molecule has 2 rings (SSSR count). The van der Waals surface area contributed by atoms with Crippen LogP contribution < -0.4 is 19.5 Å². The molecule has 25 heavy (non-hydrogen) atoms. The smallest absolute Gasteiger partial charge is 0.262 e. The maximum Gasteiger partial charge on any atom is 0.262 e. The fourth-order valence-corrected chi connectivity index (χ4v) is 2.35. The predicted octanol–water partition coefficient (Wildman–Crippen LogP) is 4.02. The number of ether oxygens (including phenoxy) is 3. The highest BCUT2D eigenvalue weighted by molar-refractivity contribution is 5.92. The minimum absolute atomic E-state index is 0.0755. The van der Waals surface area contributed by atoms with Crippen LogP contribution in [-0.4, -0.2) is 26.7 Å². The highest BCUT2D eigenvalue weighted by atomic mass is 16.5. The number of hydrogen-bond acceptors (Lipinski definition) is 4. The van der Waals surface area contributed by atoms with Crippen molar-refractivity contribution in [3.63, 3.8) is 0 Å². The summed E-state index contributed by atoms with van der Waals surface area (Å²) in [6.07, 6.45) is 0. The van der Waals surface area contributed by atoms with Crippen molar-refractivity contribution in [2.75, 3.05) is 26.1 Å². The SMILES string of the molecule is COc1cccc(OC)c1OCC(=O)Nc1ccc(C(C)(C)C)cc1. The monoisotopic (exact) mass is 343 g/mol. The van der Waals surface area contributed by atoms with Gasteiger partial charge in [-0.05, 0) is 35.2 Å². The summed E-state index contributed by atoms with van der Waals surface area (Å²) < 4.78 is 16.1. The largest absolute Gasteiger partial charge is 0.493 e. The predicted molar refractivity (Wildman–Crippen MR) is 98.8 cm³/mol. The number of para-hydroxylation sites is 1. The average molecular weight is 343 g/mol. The molecule has 134 valence electrons. The Morgan fingerprint density at radius 1 is 0.960 bits per heavy atom. The highest BCUT2D eigenvalue weighted by Crippen LogP contribution is 2.36. The Labute approximate surface area is 148 Å². The van der Waals surface area contributed by atoms with E-state index in [0.717, 1.165) is 5.69 Å². The summed E-state index contributed by atoms with van der Waals surface area (Å²) >= 11 is 0. The van der Waals surface area contributed by atoms with Crippen LogP contribution in [0.1, 0.15) is 26.3 Å². The third-order valence-electron chi connectivity index (χ3n) is 3.76. The van der Waals surface area contributed by atoms with Gasteiger partial charge in [-0.25, -0.2) is 0 Å². The number of carbonyl (C=O) groups excluding carboxylic acids is 1. The fraction of sp³-hybridized carbons (Fsp3) is 0.350. The number of benzene rings is 2. The van der Waals surface area contributed by atoms with Crippen molar-refractivity contribution in [1.82, 2.24) is 0 Å². The first kappa shape index (κ1) is 18.6. The standard InChI is InChI=1S/C20H25NO4/c1-20(2,3)14-9-11-15(12-10-14)21-18(22)13-25-19-16(23-4)7-6-8-17(19)24-5/h6-12H,13H2,1-5H3,(H,21,22). The number of amides is 1. The Balaban J connectivity index is 2.00. The van der Waals surface area contributed by atoms with Gasteiger partial charge in [0.05, 0.1) is 14.2 Å². The number of hydrogen-bond donors (Lipinski definition) is 1. The topological polar surface area (TPSA) is 56.8 Å². The first-order valence-electron chi connectivity index (χ1n) is 8.09. The van der Waals surface area contributed by atoms with Crippen molar-refractivity contribution < 1.29 is 19.0 Å². The van der Waals surface area contributed by atoms with Crippen molar-refractivity contribution in [2.24, 2.45) is 0 Å². The summed E-state index contributed by atoms with van der Waals surface area (Å²) in [5.74, 6) is 1.19. The molecule has 1 amide bonds. The molecule has 0 radical (unpaired) electrons. The lowest BCUT2D eigenvalue weighted by Gasteiger charge is -2.19. The minimum atomic E-state index is -0.253. The molecule has 0 aliphatic rings. The third kappa shape index (κ3) is 4.89. The lowest BCUT2D eigenvalue weighted by Crippen LogP contribution is -2.20. The molecule has 0 fully saturated rings. The van der Waals surface area contributed by atoms with E-state index in [2.05, 4.69) is 26.1 Å². The summed E-state index contributed by atoms with van der Waals surface area (Å²) in [6, 6.07) is 13.1. The van der Waals surface area contributed by atoms with Gasteiger partial charge >= 0.3 is 0 Å². The van der Waals surface area contributed by atoms with Gasteiger partial charge < -0.3 is 19.5 Å². The lowest BCUT2D eigenvalue weighted by atomic mass is 9.87. The average Bonchev–Trinajstić information content (AvgIpc) is 2.59. The molecule has 0 heterocycles. The zero-order valence-electron chi connectivity index (χ0n) is 15.4. The highest BCUT2D eigenvalue weighted by Gasteiger charge is 2.15. The van der Waals surface area contributed by atoms with Gasteiger partial charge in [0, 0.05) is 5.69 Å². The second-order valence-corrected chi connectivity index (χ2v) is 6.66. The first-order valence-corrected chi connectivity index (χ1v) is 8.09. The van der Waals surface area contributed by atoms with Crippen LogP contribution in [0, 0.1) is 0 Å². The molecule has 0 aliphatic carbocycles. The van der Waals surface area contributed by atoms with Gasteiger partial charge in [0.1, 0.15) is 0 Å². The molecule has 0 saturated heterocycles. The summed E-state index contributed by atoms with van der Waals surface area (Å²) in [5, 5.41) is 2.82. The van der Waals surface area contributed by atoms with Crippen molar-refractivity contribution in [1.29, 1.82) is 0 Å². The lowest BCUT2D eigenvalue weighted by molar-refractivity contribution is -0.118. The van der Waals surface area contributed by atoms with Crippen LogP contribution in [-0.2, 0) is 10.2 Å². The molecule has 1 N–H and O–H groups in total. The van der Waals surface area contributed by atoms with Gasteiger partial charge in [-0.15, -0.1) is 0 Å². The van der Waals surface area contributed by atoms with Gasteiger partial charge in [0.2, 0.25) is 5.75 Å². The summed E-state index contributed by atoms with van der Waals surface area (Å²) in [5.41, 5.74) is 2.01. The van der Waals surface area contributed by atoms with E-state index in [0.29, 0.717) is 17.2 Å². The van der Waals surface area contributed by atoms with Crippen molar-refractivity contribution >= 4 is 11.6 Å². The summed E-state index contributed by atoms with van der Waals surface area (Å²) in [4.78, 5) is 12.1. The van der Waals surface area contributed by atoms with Gasteiger partial charge in [0.25, 0.3) is 5.91 Å². The summed E-state index contributed by atoms with van der Waals surface area (Å²) in [6.45, 7) is 6.30. The third-order valence-corrected chi connectivity index (χ3v) is 3.76. The Kier molecular flexibility index (Phi) is 5.91. The van der Waals surface area contributed by atoms with E-state index in [-0.39, 0.29) is 17.9 Å². The molecule has 2 aromatic carbocycles. The van der Waals surface area contributed by atoms with Crippen LogP contribution in [0.3, 0.4) is 0 Å². The van der Waals surface area contributed by atoms with E-state index in [9.17, 15) is 4.79 Å². The molecule has 0 unspecified atom stereocenters. The normalized spacial score (nSPS) is 10.9. The van der Waals surface area contributed by atoms with Gasteiger partial charge in [-0.3, -0.25) is 4.79 Å². The molecule has 0 atom stereocenters. The van der Waals surface area contributed by atoms with Crippen molar-refractivity contribution in [2.45, 2.75) is 26.2 Å². The maximum atomic E-state index is 12.1. The van der Waals surface area contributed by atoms with Crippen LogP contribution in [0.4, 0.5) is 5.69 Å². The number of methoxy groups -OCH3 is 2. The molecule has 0 aromatic heterocycles. The van der Waals surface area contributed by atoms with Crippen molar-refractivity contribution in [3.05, 3.63) is 48.0 Å². The molecule has 2 aromatic rings. The van der Waals surface area contributed by atoms with E-state index in [1.165, 1.54) is 5.56 Å². The van der Waals surface area contributed by atoms with Gasteiger partial charge in [-0.1, -0.05) is 39.0 Å². The van der Waals surface area contributed by atoms with Crippen molar-refractivity contribution in [3.8, 4) is 17.2 Å². The molecule has 0 spiro atoms. The number of nitrogens with one attached hydrogen (secondary N) is 1. The summed E-state index contributed by atoms with van der Waals surface area (Å²) in [7, 11) is 3.08. The second-order valence-electron chi connectivity index (χ2n) is 6.66. The number of anilines is 1. The van der Waals surface area contributed by atoms with Crippen LogP contribution in [0.5, 0.6) is 17.2 Å². The Hall–Kier alpha value is -2.69. The number of carbonyl (C=O) groups is 1. The zero-order valence-corrected chi connectivity index (χ0v) is 15.4. The van der Waals surface area contributed by atoms with Crippen LogP contribution in [0.2, 0.25) is 0 Å². The van der Waals surface area contributed by atoms with Crippen LogP contribution >= 0.6 is 0 Å². The zero-order chi connectivity index (χ0) is 18.4. The second kappa shape index (κ2) is 7.92. The maximum absolute atomic E-state index is 12.1. The van der Waals surface area contributed by atoms with Gasteiger partial charge in [0.15, 0.2) is 18.1 Å². The molecule has 0 bridgehead atoms. The molecular formula is C20H25NO4. The molecular weight excluding hydrogens is 318 g/mol. The molecule has 5 nitrogen and oxygen atoms in total. The molecule has 5 heteroatoms. The Morgan fingerprint density at radius 2 is 1.52 bits per heavy atom. The van der Waals surface area contributed by atoms with E-state index in [1.54, 1.807) is 32.4 Å². The van der Waals surface area contributed by atoms with E-state index in [1.807, 2.05) is 24.3 Å². The fourth-order valence-electron chi connectivity index (χ4n) is 2.35. The Bertz CT molecular complexity index is 695. The van der Waals surface area contributed by atoms with E-state index in [4.69, 9.17) is 14.2 Å². The minimum Gasteiger partial charge on any atom is -0.493 e. The van der Waals surface area contributed by atoms with E-state index >= 15 is 0 Å².